The Labute approximate surface area is 93.4 Å². The van der Waals surface area contributed by atoms with Gasteiger partial charge in [-0.05, 0) is 12.1 Å². The highest BCUT2D eigenvalue weighted by atomic mass is 35.5. The molecule has 0 spiro atoms. The van der Waals surface area contributed by atoms with Crippen LogP contribution in [0.3, 0.4) is 0 Å². The van der Waals surface area contributed by atoms with Crippen molar-refractivity contribution in [3.8, 4) is 0 Å². The number of anilines is 1. The maximum atomic E-state index is 5.95. The van der Waals surface area contributed by atoms with Crippen molar-refractivity contribution in [1.82, 2.24) is 0 Å². The number of hydrogen-bond donors (Lipinski definition) is 3. The van der Waals surface area contributed by atoms with Gasteiger partial charge in [-0.3, -0.25) is 0 Å². The second-order valence-corrected chi connectivity index (χ2v) is 3.76. The summed E-state index contributed by atoms with van der Waals surface area (Å²) in [6.45, 7) is 1.02. The van der Waals surface area contributed by atoms with Crippen molar-refractivity contribution in [2.45, 2.75) is 6.04 Å². The molecule has 0 aliphatic heterocycles. The largest absolute Gasteiger partial charge is 0.382 e. The predicted molar refractivity (Wildman–Crippen MR) is 62.0 cm³/mol. The van der Waals surface area contributed by atoms with E-state index in [0.717, 1.165) is 5.69 Å². The van der Waals surface area contributed by atoms with E-state index in [1.54, 1.807) is 6.07 Å². The van der Waals surface area contributed by atoms with Crippen molar-refractivity contribution in [3.05, 3.63) is 28.2 Å². The zero-order valence-corrected chi connectivity index (χ0v) is 9.15. The summed E-state index contributed by atoms with van der Waals surface area (Å²) >= 11 is 11.8. The first-order chi connectivity index (χ1) is 6.65. The SMILES string of the molecule is NCC(N)CNc1cccc(Cl)c1Cl. The lowest BCUT2D eigenvalue weighted by atomic mass is 10.2. The van der Waals surface area contributed by atoms with Gasteiger partial charge in [0.1, 0.15) is 0 Å². The fourth-order valence-electron chi connectivity index (χ4n) is 0.965. The lowest BCUT2D eigenvalue weighted by Gasteiger charge is -2.12. The molecular weight excluding hydrogens is 221 g/mol. The van der Waals surface area contributed by atoms with Gasteiger partial charge in [0.05, 0.1) is 15.7 Å². The van der Waals surface area contributed by atoms with Gasteiger partial charge in [-0.2, -0.15) is 0 Å². The first-order valence-electron chi connectivity index (χ1n) is 4.28. The molecule has 0 fully saturated rings. The highest BCUT2D eigenvalue weighted by Gasteiger charge is 2.04. The Bertz CT molecular complexity index is 304. The standard InChI is InChI=1S/C9H13Cl2N3/c10-7-2-1-3-8(9(7)11)14-5-6(13)4-12/h1-3,6,14H,4-5,12-13H2. The highest BCUT2D eigenvalue weighted by Crippen LogP contribution is 2.29. The van der Waals surface area contributed by atoms with Crippen LogP contribution in [0.15, 0.2) is 18.2 Å². The molecule has 0 aromatic heterocycles. The molecule has 0 amide bonds. The van der Waals surface area contributed by atoms with Crippen molar-refractivity contribution in [3.63, 3.8) is 0 Å². The minimum absolute atomic E-state index is 0.0787. The summed E-state index contributed by atoms with van der Waals surface area (Å²) in [5, 5.41) is 4.12. The first kappa shape index (κ1) is 11.6. The van der Waals surface area contributed by atoms with Gasteiger partial charge < -0.3 is 16.8 Å². The zero-order chi connectivity index (χ0) is 10.6. The van der Waals surface area contributed by atoms with Crippen molar-refractivity contribution in [2.75, 3.05) is 18.4 Å². The summed E-state index contributed by atoms with van der Waals surface area (Å²) in [7, 11) is 0. The van der Waals surface area contributed by atoms with Gasteiger partial charge >= 0.3 is 0 Å². The summed E-state index contributed by atoms with van der Waals surface area (Å²) in [6.07, 6.45) is 0. The van der Waals surface area contributed by atoms with E-state index < -0.39 is 0 Å². The number of halogens is 2. The molecule has 1 aromatic rings. The Kier molecular flexibility index (Phi) is 4.48. The fraction of sp³-hybridized carbons (Fsp3) is 0.333. The summed E-state index contributed by atoms with van der Waals surface area (Å²) < 4.78 is 0. The lowest BCUT2D eigenvalue weighted by Crippen LogP contribution is -2.36. The minimum Gasteiger partial charge on any atom is -0.382 e. The average Bonchev–Trinajstić information content (AvgIpc) is 2.20. The van der Waals surface area contributed by atoms with E-state index in [0.29, 0.717) is 23.1 Å². The maximum Gasteiger partial charge on any atom is 0.0823 e. The van der Waals surface area contributed by atoms with Gasteiger partial charge in [-0.25, -0.2) is 0 Å². The second kappa shape index (κ2) is 5.41. The van der Waals surface area contributed by atoms with Crippen LogP contribution in [0.4, 0.5) is 5.69 Å². The number of hydrogen-bond acceptors (Lipinski definition) is 3. The number of nitrogens with one attached hydrogen (secondary N) is 1. The van der Waals surface area contributed by atoms with Crippen LogP contribution < -0.4 is 16.8 Å². The quantitative estimate of drug-likeness (QED) is 0.742. The Hall–Kier alpha value is -0.480. The molecule has 1 rings (SSSR count). The molecule has 78 valence electrons. The van der Waals surface area contributed by atoms with E-state index in [4.69, 9.17) is 34.7 Å². The van der Waals surface area contributed by atoms with Gasteiger partial charge in [0, 0.05) is 19.1 Å². The molecule has 0 radical (unpaired) electrons. The molecule has 0 saturated carbocycles. The zero-order valence-electron chi connectivity index (χ0n) is 7.63. The van der Waals surface area contributed by atoms with Crippen LogP contribution in [0.1, 0.15) is 0 Å². The van der Waals surface area contributed by atoms with E-state index in [2.05, 4.69) is 5.32 Å². The van der Waals surface area contributed by atoms with E-state index in [-0.39, 0.29) is 6.04 Å². The van der Waals surface area contributed by atoms with Gasteiger partial charge in [-0.1, -0.05) is 29.3 Å². The predicted octanol–water partition coefficient (Wildman–Crippen LogP) is 1.69. The van der Waals surface area contributed by atoms with Gasteiger partial charge in [-0.15, -0.1) is 0 Å². The van der Waals surface area contributed by atoms with Gasteiger partial charge in [0.2, 0.25) is 0 Å². The molecule has 1 atom stereocenters. The third-order valence-corrected chi connectivity index (χ3v) is 2.63. The molecule has 0 aliphatic rings. The first-order valence-corrected chi connectivity index (χ1v) is 5.04. The topological polar surface area (TPSA) is 64.1 Å². The molecule has 0 bridgehead atoms. The van der Waals surface area contributed by atoms with Gasteiger partial charge in [0.25, 0.3) is 0 Å². The van der Waals surface area contributed by atoms with Crippen molar-refractivity contribution in [2.24, 2.45) is 11.5 Å². The van der Waals surface area contributed by atoms with Crippen LogP contribution in [0.5, 0.6) is 0 Å². The molecule has 0 heterocycles. The summed E-state index contributed by atoms with van der Waals surface area (Å²) in [4.78, 5) is 0. The van der Waals surface area contributed by atoms with E-state index in [1.807, 2.05) is 12.1 Å². The number of nitrogens with two attached hydrogens (primary N) is 2. The maximum absolute atomic E-state index is 5.95. The monoisotopic (exact) mass is 233 g/mol. The molecular formula is C9H13Cl2N3. The molecule has 14 heavy (non-hydrogen) atoms. The number of benzene rings is 1. The van der Waals surface area contributed by atoms with Crippen molar-refractivity contribution < 1.29 is 0 Å². The summed E-state index contributed by atoms with van der Waals surface area (Å²) in [5.41, 5.74) is 11.8. The van der Waals surface area contributed by atoms with Gasteiger partial charge in [0.15, 0.2) is 0 Å². The van der Waals surface area contributed by atoms with Crippen molar-refractivity contribution in [1.29, 1.82) is 0 Å². The van der Waals surface area contributed by atoms with Crippen LogP contribution in [-0.4, -0.2) is 19.1 Å². The van der Waals surface area contributed by atoms with E-state index >= 15 is 0 Å². The Morgan fingerprint density at radius 1 is 1.36 bits per heavy atom. The van der Waals surface area contributed by atoms with Crippen LogP contribution >= 0.6 is 23.2 Å². The summed E-state index contributed by atoms with van der Waals surface area (Å²) in [6, 6.07) is 5.32. The number of rotatable bonds is 4. The van der Waals surface area contributed by atoms with Crippen molar-refractivity contribution >= 4 is 28.9 Å². The lowest BCUT2D eigenvalue weighted by molar-refractivity contribution is 0.713. The molecule has 3 nitrogen and oxygen atoms in total. The van der Waals surface area contributed by atoms with Crippen LogP contribution in [-0.2, 0) is 0 Å². The smallest absolute Gasteiger partial charge is 0.0823 e. The average molecular weight is 234 g/mol. The van der Waals surface area contributed by atoms with E-state index in [9.17, 15) is 0 Å². The molecule has 1 aromatic carbocycles. The van der Waals surface area contributed by atoms with Crippen LogP contribution in [0, 0.1) is 0 Å². The fourth-order valence-corrected chi connectivity index (χ4v) is 1.33. The molecule has 1 unspecified atom stereocenters. The molecule has 5 N–H and O–H groups in total. The Morgan fingerprint density at radius 2 is 2.07 bits per heavy atom. The van der Waals surface area contributed by atoms with E-state index in [1.165, 1.54) is 0 Å². The third kappa shape index (κ3) is 3.03. The Balaban J connectivity index is 2.63. The molecule has 0 aliphatic carbocycles. The second-order valence-electron chi connectivity index (χ2n) is 2.98. The van der Waals surface area contributed by atoms with Crippen LogP contribution in [0.2, 0.25) is 10.0 Å². The Morgan fingerprint density at radius 3 is 2.71 bits per heavy atom. The van der Waals surface area contributed by atoms with Crippen LogP contribution in [0.25, 0.3) is 0 Å². The molecule has 5 heteroatoms. The normalized spacial score (nSPS) is 12.6. The minimum atomic E-state index is -0.0787. The highest BCUT2D eigenvalue weighted by molar-refractivity contribution is 6.43. The third-order valence-electron chi connectivity index (χ3n) is 1.81. The molecule has 0 saturated heterocycles. The summed E-state index contributed by atoms with van der Waals surface area (Å²) in [5.74, 6) is 0.